The van der Waals surface area contributed by atoms with Gasteiger partial charge in [0.15, 0.2) is 0 Å². The third kappa shape index (κ3) is 4.05. The molecular formula is C18H25N3. The summed E-state index contributed by atoms with van der Waals surface area (Å²) in [4.78, 5) is 6.86. The Labute approximate surface area is 128 Å². The molecule has 1 aromatic heterocycles. The number of anilines is 2. The van der Waals surface area contributed by atoms with Crippen LogP contribution in [0.3, 0.4) is 0 Å². The van der Waals surface area contributed by atoms with E-state index in [0.717, 1.165) is 18.8 Å². The normalized spacial score (nSPS) is 10.6. The van der Waals surface area contributed by atoms with Gasteiger partial charge >= 0.3 is 0 Å². The van der Waals surface area contributed by atoms with Gasteiger partial charge in [0.1, 0.15) is 0 Å². The van der Waals surface area contributed by atoms with Crippen LogP contribution in [0.2, 0.25) is 0 Å². The van der Waals surface area contributed by atoms with E-state index in [9.17, 15) is 0 Å². The summed E-state index contributed by atoms with van der Waals surface area (Å²) in [5, 5.41) is 3.24. The molecule has 112 valence electrons. The second-order valence-electron chi connectivity index (χ2n) is 5.33. The van der Waals surface area contributed by atoms with E-state index in [1.54, 1.807) is 0 Å². The molecule has 0 bridgehead atoms. The molecule has 1 N–H and O–H groups in total. The number of pyridine rings is 1. The third-order valence-electron chi connectivity index (χ3n) is 3.56. The molecule has 2 rings (SSSR count). The maximum absolute atomic E-state index is 4.45. The number of aryl methyl sites for hydroxylation is 1. The Bertz CT molecular complexity index is 552. The summed E-state index contributed by atoms with van der Waals surface area (Å²) in [5.41, 5.74) is 4.80. The van der Waals surface area contributed by atoms with Crippen LogP contribution in [-0.4, -0.2) is 18.6 Å². The molecule has 0 radical (unpaired) electrons. The Morgan fingerprint density at radius 2 is 1.95 bits per heavy atom. The van der Waals surface area contributed by atoms with E-state index >= 15 is 0 Å². The first-order valence-corrected chi connectivity index (χ1v) is 7.69. The van der Waals surface area contributed by atoms with Gasteiger partial charge < -0.3 is 10.2 Å². The molecule has 0 aliphatic heterocycles. The lowest BCUT2D eigenvalue weighted by atomic mass is 10.1. The van der Waals surface area contributed by atoms with E-state index in [2.05, 4.69) is 65.4 Å². The van der Waals surface area contributed by atoms with Crippen LogP contribution >= 0.6 is 0 Å². The minimum absolute atomic E-state index is 0.831. The highest BCUT2D eigenvalue weighted by Gasteiger charge is 2.13. The molecule has 21 heavy (non-hydrogen) atoms. The molecule has 0 fully saturated rings. The number of rotatable bonds is 7. The molecule has 0 aliphatic rings. The van der Waals surface area contributed by atoms with Crippen molar-refractivity contribution in [3.8, 4) is 0 Å². The summed E-state index contributed by atoms with van der Waals surface area (Å²) < 4.78 is 0. The Kier molecular flexibility index (Phi) is 5.76. The fraction of sp³-hybridized carbons (Fsp3) is 0.389. The van der Waals surface area contributed by atoms with Gasteiger partial charge in [0.05, 0.1) is 0 Å². The molecule has 3 heteroatoms. The number of hydrogen-bond donors (Lipinski definition) is 1. The summed E-state index contributed by atoms with van der Waals surface area (Å²) in [6.45, 7) is 6.14. The third-order valence-corrected chi connectivity index (χ3v) is 3.56. The summed E-state index contributed by atoms with van der Waals surface area (Å²) in [6.07, 6.45) is 4.35. The molecule has 0 saturated carbocycles. The van der Waals surface area contributed by atoms with Gasteiger partial charge in [-0.1, -0.05) is 31.5 Å². The Morgan fingerprint density at radius 1 is 1.19 bits per heavy atom. The first kappa shape index (κ1) is 15.5. The van der Waals surface area contributed by atoms with Crippen LogP contribution in [0.4, 0.5) is 11.4 Å². The highest BCUT2D eigenvalue weighted by Crippen LogP contribution is 2.29. The molecule has 0 atom stereocenters. The van der Waals surface area contributed by atoms with Crippen LogP contribution in [0, 0.1) is 6.92 Å². The summed E-state index contributed by atoms with van der Waals surface area (Å²) >= 11 is 0. The average molecular weight is 283 g/mol. The van der Waals surface area contributed by atoms with Crippen LogP contribution in [0.5, 0.6) is 0 Å². The smallest absolute Gasteiger partial charge is 0.0490 e. The van der Waals surface area contributed by atoms with E-state index in [1.807, 2.05) is 13.2 Å². The van der Waals surface area contributed by atoms with Crippen molar-refractivity contribution >= 4 is 11.4 Å². The molecule has 1 heterocycles. The van der Waals surface area contributed by atoms with Gasteiger partial charge in [0.25, 0.3) is 0 Å². The quantitative estimate of drug-likeness (QED) is 0.831. The van der Waals surface area contributed by atoms with Crippen molar-refractivity contribution < 1.29 is 0 Å². The molecule has 2 aromatic rings. The predicted molar refractivity (Wildman–Crippen MR) is 90.1 cm³/mol. The average Bonchev–Trinajstić information content (AvgIpc) is 2.51. The molecule has 0 amide bonds. The standard InChI is InChI=1S/C18H25N3/c1-4-5-11-21(17-9-7-6-8-10-17)18-12-15(2)20-14-16(18)13-19-3/h6-10,12,14,19H,4-5,11,13H2,1-3H3. The van der Waals surface area contributed by atoms with Gasteiger partial charge in [-0.3, -0.25) is 4.98 Å². The van der Waals surface area contributed by atoms with Gasteiger partial charge in [0.2, 0.25) is 0 Å². The van der Waals surface area contributed by atoms with E-state index in [0.29, 0.717) is 0 Å². The molecular weight excluding hydrogens is 258 g/mol. The second kappa shape index (κ2) is 7.79. The van der Waals surface area contributed by atoms with Crippen LogP contribution in [0.1, 0.15) is 31.0 Å². The topological polar surface area (TPSA) is 28.2 Å². The van der Waals surface area contributed by atoms with Crippen molar-refractivity contribution in [1.29, 1.82) is 0 Å². The number of nitrogens with one attached hydrogen (secondary N) is 1. The van der Waals surface area contributed by atoms with Crippen molar-refractivity contribution in [2.75, 3.05) is 18.5 Å². The lowest BCUT2D eigenvalue weighted by Crippen LogP contribution is -2.21. The fourth-order valence-electron chi connectivity index (χ4n) is 2.46. The van der Waals surface area contributed by atoms with Crippen molar-refractivity contribution in [3.05, 3.63) is 53.9 Å². The minimum Gasteiger partial charge on any atom is -0.341 e. The molecule has 1 aromatic carbocycles. The Morgan fingerprint density at radius 3 is 2.62 bits per heavy atom. The summed E-state index contributed by atoms with van der Waals surface area (Å²) in [5.74, 6) is 0. The largest absolute Gasteiger partial charge is 0.341 e. The van der Waals surface area contributed by atoms with Crippen molar-refractivity contribution in [3.63, 3.8) is 0 Å². The van der Waals surface area contributed by atoms with E-state index in [4.69, 9.17) is 0 Å². The van der Waals surface area contributed by atoms with Crippen molar-refractivity contribution in [2.24, 2.45) is 0 Å². The van der Waals surface area contributed by atoms with Crippen LogP contribution in [-0.2, 0) is 6.54 Å². The van der Waals surface area contributed by atoms with Gasteiger partial charge in [0, 0.05) is 41.9 Å². The molecule has 0 aliphatic carbocycles. The number of hydrogen-bond acceptors (Lipinski definition) is 3. The summed E-state index contributed by atoms with van der Waals surface area (Å²) in [7, 11) is 1.97. The number of aromatic nitrogens is 1. The maximum atomic E-state index is 4.45. The van der Waals surface area contributed by atoms with E-state index in [-0.39, 0.29) is 0 Å². The lowest BCUT2D eigenvalue weighted by Gasteiger charge is -2.27. The maximum Gasteiger partial charge on any atom is 0.0490 e. The Hall–Kier alpha value is -1.87. The van der Waals surface area contributed by atoms with Crippen LogP contribution < -0.4 is 10.2 Å². The molecule has 0 saturated heterocycles. The number of unbranched alkanes of at least 4 members (excludes halogenated alkanes) is 1. The van der Waals surface area contributed by atoms with Crippen LogP contribution in [0.25, 0.3) is 0 Å². The zero-order valence-corrected chi connectivity index (χ0v) is 13.3. The SMILES string of the molecule is CCCCN(c1ccccc1)c1cc(C)ncc1CNC. The number of benzene rings is 1. The molecule has 3 nitrogen and oxygen atoms in total. The second-order valence-corrected chi connectivity index (χ2v) is 5.33. The van der Waals surface area contributed by atoms with E-state index in [1.165, 1.54) is 29.8 Å². The first-order valence-electron chi connectivity index (χ1n) is 7.69. The Balaban J connectivity index is 2.42. The highest BCUT2D eigenvalue weighted by molar-refractivity contribution is 5.66. The zero-order valence-electron chi connectivity index (χ0n) is 13.3. The van der Waals surface area contributed by atoms with Crippen molar-refractivity contribution in [2.45, 2.75) is 33.2 Å². The minimum atomic E-state index is 0.831. The van der Waals surface area contributed by atoms with Gasteiger partial charge in [-0.25, -0.2) is 0 Å². The predicted octanol–water partition coefficient (Wildman–Crippen LogP) is 4.05. The van der Waals surface area contributed by atoms with Crippen LogP contribution in [0.15, 0.2) is 42.6 Å². The lowest BCUT2D eigenvalue weighted by molar-refractivity contribution is 0.769. The monoisotopic (exact) mass is 283 g/mol. The fourth-order valence-corrected chi connectivity index (χ4v) is 2.46. The number of para-hydroxylation sites is 1. The van der Waals surface area contributed by atoms with Crippen molar-refractivity contribution in [1.82, 2.24) is 10.3 Å². The van der Waals surface area contributed by atoms with E-state index < -0.39 is 0 Å². The zero-order chi connectivity index (χ0) is 15.1. The number of nitrogens with zero attached hydrogens (tertiary/aromatic N) is 2. The van der Waals surface area contributed by atoms with Gasteiger partial charge in [-0.2, -0.15) is 0 Å². The molecule has 0 unspecified atom stereocenters. The first-order chi connectivity index (χ1) is 10.3. The highest BCUT2D eigenvalue weighted by atomic mass is 15.1. The van der Waals surface area contributed by atoms with Gasteiger partial charge in [-0.15, -0.1) is 0 Å². The summed E-state index contributed by atoms with van der Waals surface area (Å²) in [6, 6.07) is 12.8. The van der Waals surface area contributed by atoms with Gasteiger partial charge in [-0.05, 0) is 38.6 Å². The molecule has 0 spiro atoms.